The van der Waals surface area contributed by atoms with Crippen molar-refractivity contribution in [2.75, 3.05) is 18.8 Å². The topological polar surface area (TPSA) is 81.7 Å². The average Bonchev–Trinajstić information content (AvgIpc) is 2.69. The third-order valence-electron chi connectivity index (χ3n) is 3.09. The molecular formula is C10H15Cl2IN6. The highest BCUT2D eigenvalue weighted by atomic mass is 127. The number of rotatable bonds is 1. The Morgan fingerprint density at radius 3 is 2.84 bits per heavy atom. The van der Waals surface area contributed by atoms with Gasteiger partial charge in [0.25, 0.3) is 0 Å². The summed E-state index contributed by atoms with van der Waals surface area (Å²) in [6.45, 7) is 2.03. The lowest BCUT2D eigenvalue weighted by Crippen LogP contribution is -2.32. The maximum Gasteiger partial charge on any atom is 0.164 e. The molecule has 0 aromatic carbocycles. The van der Waals surface area contributed by atoms with Gasteiger partial charge < -0.3 is 11.1 Å². The molecule has 1 aliphatic rings. The van der Waals surface area contributed by atoms with Crippen LogP contribution in [0, 0.1) is 3.70 Å². The third-order valence-corrected chi connectivity index (χ3v) is 3.85. The first-order valence-electron chi connectivity index (χ1n) is 5.62. The van der Waals surface area contributed by atoms with Crippen LogP contribution in [0.1, 0.15) is 18.9 Å². The number of fused-ring (bicyclic) bond motifs is 1. The van der Waals surface area contributed by atoms with Gasteiger partial charge in [-0.25, -0.2) is 14.6 Å². The Morgan fingerprint density at radius 1 is 1.37 bits per heavy atom. The van der Waals surface area contributed by atoms with Gasteiger partial charge >= 0.3 is 0 Å². The van der Waals surface area contributed by atoms with Crippen molar-refractivity contribution in [3.8, 4) is 0 Å². The highest BCUT2D eigenvalue weighted by Gasteiger charge is 2.21. The van der Waals surface area contributed by atoms with E-state index in [2.05, 4.69) is 43.0 Å². The SMILES string of the molecule is Cl.Cl.Nc1ncnc2c1c(I)nn2C1CCCNC1. The summed E-state index contributed by atoms with van der Waals surface area (Å²) < 4.78 is 2.86. The quantitative estimate of drug-likeness (QED) is 0.692. The molecule has 1 fully saturated rings. The van der Waals surface area contributed by atoms with Crippen LogP contribution in [0.4, 0.5) is 5.82 Å². The lowest BCUT2D eigenvalue weighted by atomic mass is 10.1. The molecule has 3 N–H and O–H groups in total. The van der Waals surface area contributed by atoms with Crippen molar-refractivity contribution in [1.82, 2.24) is 25.1 Å². The van der Waals surface area contributed by atoms with E-state index >= 15 is 0 Å². The Kier molecular flexibility index (Phi) is 6.03. The van der Waals surface area contributed by atoms with Gasteiger partial charge in [-0.2, -0.15) is 5.10 Å². The van der Waals surface area contributed by atoms with E-state index in [9.17, 15) is 0 Å². The summed E-state index contributed by atoms with van der Waals surface area (Å²) in [7, 11) is 0. The molecule has 6 nitrogen and oxygen atoms in total. The minimum atomic E-state index is 0. The Morgan fingerprint density at radius 2 is 2.16 bits per heavy atom. The Bertz CT molecular complexity index is 554. The largest absolute Gasteiger partial charge is 0.383 e. The second-order valence-electron chi connectivity index (χ2n) is 4.19. The first-order chi connectivity index (χ1) is 8.27. The number of nitrogens with two attached hydrogens (primary N) is 1. The molecule has 3 rings (SSSR count). The van der Waals surface area contributed by atoms with Gasteiger partial charge in [-0.05, 0) is 42.0 Å². The van der Waals surface area contributed by atoms with Gasteiger partial charge in [0, 0.05) is 6.54 Å². The molecule has 0 radical (unpaired) electrons. The van der Waals surface area contributed by atoms with Crippen molar-refractivity contribution < 1.29 is 0 Å². The van der Waals surface area contributed by atoms with Gasteiger partial charge in [0.05, 0.1) is 11.4 Å². The summed E-state index contributed by atoms with van der Waals surface area (Å²) in [5, 5.41) is 8.81. The van der Waals surface area contributed by atoms with Crippen molar-refractivity contribution in [2.45, 2.75) is 18.9 Å². The van der Waals surface area contributed by atoms with Crippen LogP contribution in [0.5, 0.6) is 0 Å². The van der Waals surface area contributed by atoms with Crippen LogP contribution in [0.3, 0.4) is 0 Å². The van der Waals surface area contributed by atoms with Crippen molar-refractivity contribution >= 4 is 64.3 Å². The van der Waals surface area contributed by atoms with Gasteiger partial charge in [0.1, 0.15) is 15.8 Å². The van der Waals surface area contributed by atoms with Crippen LogP contribution in [-0.4, -0.2) is 32.8 Å². The van der Waals surface area contributed by atoms with E-state index in [0.717, 1.165) is 34.2 Å². The van der Waals surface area contributed by atoms with Gasteiger partial charge in [-0.15, -0.1) is 24.8 Å². The molecule has 2 aromatic rings. The molecule has 0 aliphatic carbocycles. The summed E-state index contributed by atoms with van der Waals surface area (Å²) in [4.78, 5) is 8.33. The fourth-order valence-electron chi connectivity index (χ4n) is 2.25. The van der Waals surface area contributed by atoms with E-state index in [1.807, 2.05) is 4.68 Å². The molecule has 106 valence electrons. The number of aromatic nitrogens is 4. The van der Waals surface area contributed by atoms with E-state index in [0.29, 0.717) is 11.9 Å². The highest BCUT2D eigenvalue weighted by molar-refractivity contribution is 14.1. The van der Waals surface area contributed by atoms with E-state index in [1.54, 1.807) is 0 Å². The predicted molar refractivity (Wildman–Crippen MR) is 88.1 cm³/mol. The molecular weight excluding hydrogens is 402 g/mol. The molecule has 3 heterocycles. The number of hydrogen-bond acceptors (Lipinski definition) is 5. The highest BCUT2D eigenvalue weighted by Crippen LogP contribution is 2.27. The van der Waals surface area contributed by atoms with E-state index < -0.39 is 0 Å². The van der Waals surface area contributed by atoms with Crippen LogP contribution in [-0.2, 0) is 0 Å². The zero-order chi connectivity index (χ0) is 11.8. The van der Waals surface area contributed by atoms with Gasteiger partial charge in [-0.3, -0.25) is 0 Å². The van der Waals surface area contributed by atoms with Crippen molar-refractivity contribution in [3.05, 3.63) is 10.0 Å². The molecule has 19 heavy (non-hydrogen) atoms. The minimum absolute atomic E-state index is 0. The van der Waals surface area contributed by atoms with Gasteiger partial charge in [0.2, 0.25) is 0 Å². The molecule has 9 heteroatoms. The van der Waals surface area contributed by atoms with Crippen molar-refractivity contribution in [1.29, 1.82) is 0 Å². The van der Waals surface area contributed by atoms with Gasteiger partial charge in [-0.1, -0.05) is 0 Å². The lowest BCUT2D eigenvalue weighted by Gasteiger charge is -2.23. The summed E-state index contributed by atoms with van der Waals surface area (Å²) in [6, 6.07) is 0.365. The second-order valence-corrected chi connectivity index (χ2v) is 5.21. The molecule has 1 saturated heterocycles. The maximum atomic E-state index is 5.88. The number of anilines is 1. The standard InChI is InChI=1S/C10H13IN6.2ClH/c11-8-7-9(12)14-5-15-10(7)17(16-8)6-2-1-3-13-4-6;;/h5-6,13H,1-4H2,(H2,12,14,15);2*1H. The minimum Gasteiger partial charge on any atom is -0.383 e. The number of nitrogen functional groups attached to an aromatic ring is 1. The summed E-state index contributed by atoms with van der Waals surface area (Å²) in [6.07, 6.45) is 3.80. The van der Waals surface area contributed by atoms with Crippen LogP contribution in [0.2, 0.25) is 0 Å². The molecule has 0 saturated carbocycles. The zero-order valence-corrected chi connectivity index (χ0v) is 13.8. The lowest BCUT2D eigenvalue weighted by molar-refractivity contribution is 0.352. The summed E-state index contributed by atoms with van der Waals surface area (Å²) >= 11 is 2.19. The maximum absolute atomic E-state index is 5.88. The predicted octanol–water partition coefficient (Wildman–Crippen LogP) is 1.78. The van der Waals surface area contributed by atoms with Crippen LogP contribution < -0.4 is 11.1 Å². The third kappa shape index (κ3) is 3.04. The van der Waals surface area contributed by atoms with E-state index in [1.165, 1.54) is 12.7 Å². The van der Waals surface area contributed by atoms with Crippen LogP contribution in [0.25, 0.3) is 11.0 Å². The van der Waals surface area contributed by atoms with Crippen molar-refractivity contribution in [2.24, 2.45) is 0 Å². The monoisotopic (exact) mass is 416 g/mol. The Hall–Kier alpha value is -0.380. The average molecular weight is 417 g/mol. The van der Waals surface area contributed by atoms with E-state index in [4.69, 9.17) is 5.73 Å². The first-order valence-corrected chi connectivity index (χ1v) is 6.70. The number of nitrogens with zero attached hydrogens (tertiary/aromatic N) is 4. The van der Waals surface area contributed by atoms with Crippen molar-refractivity contribution in [3.63, 3.8) is 0 Å². The molecule has 0 amide bonds. The Balaban J connectivity index is 0.000000902. The van der Waals surface area contributed by atoms with Gasteiger partial charge in [0.15, 0.2) is 5.65 Å². The Labute approximate surface area is 136 Å². The summed E-state index contributed by atoms with van der Waals surface area (Å²) in [5.41, 5.74) is 6.72. The second kappa shape index (κ2) is 6.87. The molecule has 1 aliphatic heterocycles. The fourth-order valence-corrected chi connectivity index (χ4v) is 3.00. The number of nitrogens with one attached hydrogen (secondary N) is 1. The molecule has 2 aromatic heterocycles. The first kappa shape index (κ1) is 16.7. The fraction of sp³-hybridized carbons (Fsp3) is 0.500. The van der Waals surface area contributed by atoms with Crippen LogP contribution in [0.15, 0.2) is 6.33 Å². The molecule has 0 spiro atoms. The zero-order valence-electron chi connectivity index (χ0n) is 10.0. The van der Waals surface area contributed by atoms with E-state index in [-0.39, 0.29) is 24.8 Å². The number of hydrogen-bond donors (Lipinski definition) is 2. The molecule has 1 unspecified atom stereocenters. The normalized spacial score (nSPS) is 18.7. The number of halogens is 3. The number of piperidine rings is 1. The molecule has 0 bridgehead atoms. The smallest absolute Gasteiger partial charge is 0.164 e. The van der Waals surface area contributed by atoms with Crippen LogP contribution >= 0.6 is 47.4 Å². The summed E-state index contributed by atoms with van der Waals surface area (Å²) in [5.74, 6) is 0.509. The molecule has 1 atom stereocenters.